The molecule has 2 unspecified atom stereocenters. The fourth-order valence-corrected chi connectivity index (χ4v) is 2.87. The number of halogens is 2. The molecule has 22 heavy (non-hydrogen) atoms. The molecule has 0 aliphatic heterocycles. The Hall–Kier alpha value is -0.970. The first-order valence-corrected chi connectivity index (χ1v) is 7.86. The number of nitrogens with one attached hydrogen (secondary N) is 1. The van der Waals surface area contributed by atoms with Crippen LogP contribution in [0.15, 0.2) is 18.2 Å². The topological polar surface area (TPSA) is 64.3 Å². The molecule has 1 fully saturated rings. The van der Waals surface area contributed by atoms with Crippen LogP contribution < -0.4 is 15.8 Å². The SMILES string of the molecule is Cc1cc(Cl)ccc1OCCCNC(=O)C1CCC(N)C1.Cl. The van der Waals surface area contributed by atoms with E-state index in [0.29, 0.717) is 18.2 Å². The largest absolute Gasteiger partial charge is 0.493 e. The van der Waals surface area contributed by atoms with E-state index < -0.39 is 0 Å². The number of hydrogen-bond acceptors (Lipinski definition) is 3. The highest BCUT2D eigenvalue weighted by molar-refractivity contribution is 6.30. The molecule has 0 heterocycles. The maximum atomic E-state index is 11.9. The minimum absolute atomic E-state index is 0. The highest BCUT2D eigenvalue weighted by Crippen LogP contribution is 2.24. The molecule has 0 bridgehead atoms. The first-order valence-electron chi connectivity index (χ1n) is 7.48. The lowest BCUT2D eigenvalue weighted by atomic mass is 10.1. The Morgan fingerprint density at radius 1 is 1.45 bits per heavy atom. The van der Waals surface area contributed by atoms with Gasteiger partial charge >= 0.3 is 0 Å². The number of hydrogen-bond donors (Lipinski definition) is 2. The van der Waals surface area contributed by atoms with Gasteiger partial charge in [-0.2, -0.15) is 0 Å². The van der Waals surface area contributed by atoms with E-state index in [0.717, 1.165) is 37.0 Å². The lowest BCUT2D eigenvalue weighted by Crippen LogP contribution is -2.31. The standard InChI is InChI=1S/C16H23ClN2O2.ClH/c1-11-9-13(17)4-6-15(11)21-8-2-7-19-16(20)12-3-5-14(18)10-12;/h4,6,9,12,14H,2-3,5,7-8,10,18H2,1H3,(H,19,20);1H. The number of carbonyl (C=O) groups excluding carboxylic acids is 1. The van der Waals surface area contributed by atoms with Crippen molar-refractivity contribution in [3.8, 4) is 5.75 Å². The molecular weight excluding hydrogens is 323 g/mol. The highest BCUT2D eigenvalue weighted by Gasteiger charge is 2.27. The van der Waals surface area contributed by atoms with E-state index in [1.54, 1.807) is 0 Å². The number of rotatable bonds is 6. The van der Waals surface area contributed by atoms with Crippen molar-refractivity contribution in [3.05, 3.63) is 28.8 Å². The molecule has 1 aliphatic rings. The average molecular weight is 347 g/mol. The molecule has 6 heteroatoms. The minimum Gasteiger partial charge on any atom is -0.493 e. The first kappa shape index (κ1) is 19.1. The third kappa shape index (κ3) is 5.67. The van der Waals surface area contributed by atoms with Crippen LogP contribution in [0.3, 0.4) is 0 Å². The quantitative estimate of drug-likeness (QED) is 0.778. The summed E-state index contributed by atoms with van der Waals surface area (Å²) in [4.78, 5) is 11.9. The van der Waals surface area contributed by atoms with Gasteiger partial charge in [0.1, 0.15) is 5.75 Å². The van der Waals surface area contributed by atoms with Gasteiger partial charge < -0.3 is 15.8 Å². The van der Waals surface area contributed by atoms with Gasteiger partial charge in [0.25, 0.3) is 0 Å². The molecule has 1 aliphatic carbocycles. The average Bonchev–Trinajstić information content (AvgIpc) is 2.87. The van der Waals surface area contributed by atoms with E-state index >= 15 is 0 Å². The third-order valence-electron chi connectivity index (χ3n) is 3.86. The van der Waals surface area contributed by atoms with E-state index in [-0.39, 0.29) is 30.3 Å². The Morgan fingerprint density at radius 2 is 2.23 bits per heavy atom. The molecule has 0 spiro atoms. The molecule has 1 amide bonds. The van der Waals surface area contributed by atoms with Crippen molar-refractivity contribution in [1.82, 2.24) is 5.32 Å². The van der Waals surface area contributed by atoms with Gasteiger partial charge in [-0.05, 0) is 56.4 Å². The number of aryl methyl sites for hydroxylation is 1. The van der Waals surface area contributed by atoms with Gasteiger partial charge in [-0.25, -0.2) is 0 Å². The van der Waals surface area contributed by atoms with Crippen LogP contribution >= 0.6 is 24.0 Å². The van der Waals surface area contributed by atoms with Gasteiger partial charge in [-0.15, -0.1) is 12.4 Å². The van der Waals surface area contributed by atoms with Crippen LogP contribution in [0.25, 0.3) is 0 Å². The second-order valence-electron chi connectivity index (χ2n) is 5.67. The smallest absolute Gasteiger partial charge is 0.223 e. The predicted octanol–water partition coefficient (Wildman–Crippen LogP) is 3.08. The summed E-state index contributed by atoms with van der Waals surface area (Å²) in [6.07, 6.45) is 3.46. The lowest BCUT2D eigenvalue weighted by Gasteiger charge is -2.12. The predicted molar refractivity (Wildman–Crippen MR) is 91.9 cm³/mol. The number of benzene rings is 1. The monoisotopic (exact) mass is 346 g/mol. The molecular formula is C16H24Cl2N2O2. The van der Waals surface area contributed by atoms with Crippen LogP contribution in [0.1, 0.15) is 31.2 Å². The lowest BCUT2D eigenvalue weighted by molar-refractivity contribution is -0.124. The van der Waals surface area contributed by atoms with E-state index in [4.69, 9.17) is 22.1 Å². The Labute approximate surface area is 143 Å². The normalized spacial score (nSPS) is 20.3. The van der Waals surface area contributed by atoms with Crippen molar-refractivity contribution < 1.29 is 9.53 Å². The second-order valence-corrected chi connectivity index (χ2v) is 6.11. The second kappa shape index (κ2) is 9.23. The molecule has 2 atom stereocenters. The van der Waals surface area contributed by atoms with Gasteiger partial charge in [-0.3, -0.25) is 4.79 Å². The van der Waals surface area contributed by atoms with Crippen LogP contribution in [0.4, 0.5) is 0 Å². The molecule has 4 nitrogen and oxygen atoms in total. The summed E-state index contributed by atoms with van der Waals surface area (Å²) in [5.74, 6) is 1.07. The Bertz CT molecular complexity index is 497. The van der Waals surface area contributed by atoms with E-state index in [1.165, 1.54) is 0 Å². The molecule has 1 aromatic rings. The Morgan fingerprint density at radius 3 is 2.86 bits per heavy atom. The highest BCUT2D eigenvalue weighted by atomic mass is 35.5. The molecule has 0 saturated heterocycles. The molecule has 0 aromatic heterocycles. The zero-order chi connectivity index (χ0) is 15.2. The number of carbonyl (C=O) groups is 1. The summed E-state index contributed by atoms with van der Waals surface area (Å²) < 4.78 is 5.69. The number of ether oxygens (including phenoxy) is 1. The van der Waals surface area contributed by atoms with Gasteiger partial charge in [0.05, 0.1) is 6.61 Å². The molecule has 1 aromatic carbocycles. The van der Waals surface area contributed by atoms with Crippen molar-refractivity contribution in [3.63, 3.8) is 0 Å². The molecule has 1 saturated carbocycles. The van der Waals surface area contributed by atoms with E-state index in [2.05, 4.69) is 5.32 Å². The van der Waals surface area contributed by atoms with Crippen LogP contribution in [-0.2, 0) is 4.79 Å². The molecule has 0 radical (unpaired) electrons. The third-order valence-corrected chi connectivity index (χ3v) is 4.09. The van der Waals surface area contributed by atoms with E-state index in [1.807, 2.05) is 25.1 Å². The first-order chi connectivity index (χ1) is 10.1. The van der Waals surface area contributed by atoms with Crippen molar-refractivity contribution in [1.29, 1.82) is 0 Å². The van der Waals surface area contributed by atoms with Crippen LogP contribution in [0.5, 0.6) is 5.75 Å². The summed E-state index contributed by atoms with van der Waals surface area (Å²) in [6.45, 7) is 3.18. The maximum Gasteiger partial charge on any atom is 0.223 e. The summed E-state index contributed by atoms with van der Waals surface area (Å²) in [6, 6.07) is 5.75. The fraction of sp³-hybridized carbons (Fsp3) is 0.562. The van der Waals surface area contributed by atoms with Gasteiger partial charge in [-0.1, -0.05) is 11.6 Å². The molecule has 124 valence electrons. The number of nitrogens with two attached hydrogens (primary N) is 1. The Balaban J connectivity index is 0.00000242. The van der Waals surface area contributed by atoms with Crippen LogP contribution in [0.2, 0.25) is 5.02 Å². The van der Waals surface area contributed by atoms with Crippen molar-refractivity contribution in [2.75, 3.05) is 13.2 Å². The van der Waals surface area contributed by atoms with Crippen LogP contribution in [-0.4, -0.2) is 25.1 Å². The van der Waals surface area contributed by atoms with Crippen molar-refractivity contribution in [2.45, 2.75) is 38.6 Å². The van der Waals surface area contributed by atoms with E-state index in [9.17, 15) is 4.79 Å². The summed E-state index contributed by atoms with van der Waals surface area (Å²) >= 11 is 5.90. The van der Waals surface area contributed by atoms with Crippen molar-refractivity contribution in [2.24, 2.45) is 11.7 Å². The fourth-order valence-electron chi connectivity index (χ4n) is 2.64. The van der Waals surface area contributed by atoms with Gasteiger partial charge in [0, 0.05) is 23.5 Å². The van der Waals surface area contributed by atoms with Gasteiger partial charge in [0.2, 0.25) is 5.91 Å². The molecule has 2 rings (SSSR count). The summed E-state index contributed by atoms with van der Waals surface area (Å²) in [5.41, 5.74) is 6.84. The van der Waals surface area contributed by atoms with Gasteiger partial charge in [0.15, 0.2) is 0 Å². The summed E-state index contributed by atoms with van der Waals surface area (Å²) in [5, 5.41) is 3.67. The zero-order valence-electron chi connectivity index (χ0n) is 12.8. The maximum absolute atomic E-state index is 11.9. The minimum atomic E-state index is 0. The summed E-state index contributed by atoms with van der Waals surface area (Å²) in [7, 11) is 0. The van der Waals surface area contributed by atoms with Crippen LogP contribution in [0, 0.1) is 12.8 Å². The Kier molecular flexibility index (Phi) is 8.01. The number of amides is 1. The molecule has 3 N–H and O–H groups in total. The van der Waals surface area contributed by atoms with Crippen molar-refractivity contribution >= 4 is 29.9 Å². The zero-order valence-corrected chi connectivity index (χ0v) is 14.4.